The van der Waals surface area contributed by atoms with Crippen molar-refractivity contribution < 1.29 is 37.0 Å². The fourth-order valence-electron chi connectivity index (χ4n) is 4.48. The van der Waals surface area contributed by atoms with Gasteiger partial charge in [0.2, 0.25) is 10.0 Å². The van der Waals surface area contributed by atoms with E-state index in [1.54, 1.807) is 62.9 Å². The number of carbonyl (C=O) groups is 3. The van der Waals surface area contributed by atoms with Gasteiger partial charge in [-0.3, -0.25) is 13.9 Å². The third kappa shape index (κ3) is 10.1. The third-order valence-corrected chi connectivity index (χ3v) is 8.41. The van der Waals surface area contributed by atoms with E-state index in [-0.39, 0.29) is 35.2 Å². The number of ether oxygens (including phenoxy) is 3. The number of carbonyl (C=O) groups excluding carboxylic acids is 3. The van der Waals surface area contributed by atoms with Crippen LogP contribution in [0.15, 0.2) is 42.5 Å². The largest absolute Gasteiger partial charge is 0.488 e. The molecule has 2 aromatic carbocycles. The van der Waals surface area contributed by atoms with Gasteiger partial charge in [-0.15, -0.1) is 0 Å². The van der Waals surface area contributed by atoms with E-state index >= 15 is 0 Å². The molecule has 0 aliphatic carbocycles. The van der Waals surface area contributed by atoms with Crippen molar-refractivity contribution in [3.05, 3.63) is 64.2 Å². The normalized spacial score (nSPS) is 14.1. The number of likely N-dealkylation sites (tertiary alicyclic amines) is 1. The van der Waals surface area contributed by atoms with Crippen LogP contribution in [0.5, 0.6) is 5.75 Å². The van der Waals surface area contributed by atoms with E-state index in [0.29, 0.717) is 37.1 Å². The number of anilines is 1. The van der Waals surface area contributed by atoms with Gasteiger partial charge >= 0.3 is 12.1 Å². The van der Waals surface area contributed by atoms with Crippen molar-refractivity contribution >= 4 is 51.4 Å². The lowest BCUT2D eigenvalue weighted by Crippen LogP contribution is -2.44. The summed E-state index contributed by atoms with van der Waals surface area (Å²) in [6.45, 7) is 7.35. The molecule has 12 nitrogen and oxygen atoms in total. The number of primary amides is 1. The zero-order chi connectivity index (χ0) is 33.4. The number of amides is 2. The van der Waals surface area contributed by atoms with Crippen LogP contribution in [0.25, 0.3) is 6.08 Å². The molecule has 0 unspecified atom stereocenters. The Morgan fingerprint density at radius 2 is 1.87 bits per heavy atom. The van der Waals surface area contributed by atoms with Crippen molar-refractivity contribution in [1.82, 2.24) is 4.90 Å². The van der Waals surface area contributed by atoms with Gasteiger partial charge in [-0.05, 0) is 57.5 Å². The second-order valence-corrected chi connectivity index (χ2v) is 13.5. The van der Waals surface area contributed by atoms with Gasteiger partial charge in [0.15, 0.2) is 11.5 Å². The molecule has 45 heavy (non-hydrogen) atoms. The Morgan fingerprint density at radius 1 is 1.18 bits per heavy atom. The summed E-state index contributed by atoms with van der Waals surface area (Å²) in [6, 6.07) is 11.3. The number of nitrogens with zero attached hydrogens (tertiary/aromatic N) is 3. The topological polar surface area (TPSA) is 169 Å². The maximum Gasteiger partial charge on any atom is 0.410 e. The number of piperidine rings is 1. The Kier molecular flexibility index (Phi) is 11.8. The standard InChI is InChI=1S/C31H37ClN4O8S/c1-5-42-27(37)20-45(40,41)36(13-7-10-21-8-6-9-22(16-21)19-33)23-17-25(29(34)38)28(26(32)18-23)43-24-11-14-35(15-12-24)30(39)44-31(2,3)4/h6-10,16-18,24H,5,11-15,20H2,1-4H3,(H2,34,38). The average molecular weight is 661 g/mol. The van der Waals surface area contributed by atoms with Gasteiger partial charge in [-0.2, -0.15) is 5.26 Å². The zero-order valence-electron chi connectivity index (χ0n) is 25.6. The number of rotatable bonds is 11. The first-order chi connectivity index (χ1) is 21.1. The van der Waals surface area contributed by atoms with Crippen molar-refractivity contribution in [2.24, 2.45) is 5.73 Å². The molecular weight excluding hydrogens is 624 g/mol. The number of esters is 1. The van der Waals surface area contributed by atoms with Crippen molar-refractivity contribution in [2.75, 3.05) is 36.3 Å². The van der Waals surface area contributed by atoms with Crippen LogP contribution in [0.3, 0.4) is 0 Å². The number of hydrogen-bond acceptors (Lipinski definition) is 9. The first-order valence-electron chi connectivity index (χ1n) is 14.2. The molecule has 1 heterocycles. The van der Waals surface area contributed by atoms with Gasteiger partial charge in [-0.1, -0.05) is 35.9 Å². The summed E-state index contributed by atoms with van der Waals surface area (Å²) >= 11 is 6.58. The molecule has 0 saturated carbocycles. The lowest BCUT2D eigenvalue weighted by molar-refractivity contribution is -0.139. The maximum atomic E-state index is 13.4. The molecule has 1 aliphatic rings. The molecule has 1 saturated heterocycles. The highest BCUT2D eigenvalue weighted by Gasteiger charge is 2.31. The minimum atomic E-state index is -4.34. The number of nitriles is 1. The first kappa shape index (κ1) is 35.2. The maximum absolute atomic E-state index is 13.4. The SMILES string of the molecule is CCOC(=O)CS(=O)(=O)N(CC=Cc1cccc(C#N)c1)c1cc(Cl)c(OC2CCN(C(=O)OC(C)(C)C)CC2)c(C(N)=O)c1. The molecule has 14 heteroatoms. The lowest BCUT2D eigenvalue weighted by atomic mass is 10.1. The number of hydrogen-bond donors (Lipinski definition) is 1. The minimum Gasteiger partial charge on any atom is -0.488 e. The van der Waals surface area contributed by atoms with Gasteiger partial charge < -0.3 is 24.8 Å². The molecule has 2 N–H and O–H groups in total. The highest BCUT2D eigenvalue weighted by atomic mass is 35.5. The van der Waals surface area contributed by atoms with Gasteiger partial charge in [0.1, 0.15) is 11.7 Å². The number of halogens is 1. The number of benzene rings is 2. The van der Waals surface area contributed by atoms with Gasteiger partial charge in [0.05, 0.1) is 41.1 Å². The van der Waals surface area contributed by atoms with Crippen LogP contribution in [0.4, 0.5) is 10.5 Å². The first-order valence-corrected chi connectivity index (χ1v) is 16.2. The second-order valence-electron chi connectivity index (χ2n) is 11.2. The highest BCUT2D eigenvalue weighted by molar-refractivity contribution is 7.93. The molecule has 1 fully saturated rings. The average Bonchev–Trinajstić information content (AvgIpc) is 2.95. The van der Waals surface area contributed by atoms with Crippen LogP contribution in [0.1, 0.15) is 62.0 Å². The molecule has 0 bridgehead atoms. The Labute approximate surface area is 268 Å². The lowest BCUT2D eigenvalue weighted by Gasteiger charge is -2.34. The third-order valence-electron chi connectivity index (χ3n) is 6.50. The van der Waals surface area contributed by atoms with Gasteiger partial charge in [0.25, 0.3) is 5.91 Å². The summed E-state index contributed by atoms with van der Waals surface area (Å²) in [5.74, 6) is -2.84. The summed E-state index contributed by atoms with van der Waals surface area (Å²) in [6.07, 6.45) is 3.14. The number of sulfonamides is 1. The van der Waals surface area contributed by atoms with Crippen molar-refractivity contribution in [2.45, 2.75) is 52.2 Å². The summed E-state index contributed by atoms with van der Waals surface area (Å²) in [7, 11) is -4.34. The fraction of sp³-hybridized carbons (Fsp3) is 0.419. The minimum absolute atomic E-state index is 0.0100. The summed E-state index contributed by atoms with van der Waals surface area (Å²) in [5.41, 5.74) is 5.93. The summed E-state index contributed by atoms with van der Waals surface area (Å²) in [4.78, 5) is 38.7. The van der Waals surface area contributed by atoms with Crippen LogP contribution in [-0.4, -0.2) is 75.0 Å². The molecule has 3 rings (SSSR count). The van der Waals surface area contributed by atoms with Crippen LogP contribution in [-0.2, 0) is 24.3 Å². The molecule has 0 spiro atoms. The number of nitrogens with two attached hydrogens (primary N) is 1. The zero-order valence-corrected chi connectivity index (χ0v) is 27.2. The Balaban J connectivity index is 1.90. The Hall–Kier alpha value is -4.28. The van der Waals surface area contributed by atoms with E-state index in [0.717, 1.165) is 4.31 Å². The molecule has 2 aromatic rings. The predicted octanol–water partition coefficient (Wildman–Crippen LogP) is 4.50. The van der Waals surface area contributed by atoms with Crippen molar-refractivity contribution in [1.29, 1.82) is 5.26 Å². The monoisotopic (exact) mass is 660 g/mol. The summed E-state index contributed by atoms with van der Waals surface area (Å²) < 4.78 is 44.2. The molecule has 0 radical (unpaired) electrons. The molecule has 242 valence electrons. The molecule has 1 aliphatic heterocycles. The van der Waals surface area contributed by atoms with Crippen LogP contribution in [0.2, 0.25) is 5.02 Å². The smallest absolute Gasteiger partial charge is 0.410 e. The molecular formula is C31H37ClN4O8S. The predicted molar refractivity (Wildman–Crippen MR) is 169 cm³/mol. The fourth-order valence-corrected chi connectivity index (χ4v) is 6.02. The van der Waals surface area contributed by atoms with Crippen molar-refractivity contribution in [3.8, 4) is 11.8 Å². The van der Waals surface area contributed by atoms with E-state index in [9.17, 15) is 22.8 Å². The van der Waals surface area contributed by atoms with E-state index in [1.165, 1.54) is 18.2 Å². The highest BCUT2D eigenvalue weighted by Crippen LogP contribution is 2.36. The van der Waals surface area contributed by atoms with E-state index < -0.39 is 45.5 Å². The van der Waals surface area contributed by atoms with Crippen LogP contribution < -0.4 is 14.8 Å². The van der Waals surface area contributed by atoms with Crippen molar-refractivity contribution in [3.63, 3.8) is 0 Å². The quantitative estimate of drug-likeness (QED) is 0.341. The van der Waals surface area contributed by atoms with Crippen LogP contribution in [0, 0.1) is 11.3 Å². The van der Waals surface area contributed by atoms with E-state index in [2.05, 4.69) is 0 Å². The Morgan fingerprint density at radius 3 is 2.47 bits per heavy atom. The van der Waals surface area contributed by atoms with E-state index in [1.807, 2.05) is 6.07 Å². The van der Waals surface area contributed by atoms with Crippen LogP contribution >= 0.6 is 11.6 Å². The van der Waals surface area contributed by atoms with Gasteiger partial charge in [0, 0.05) is 25.9 Å². The molecule has 2 amide bonds. The molecule has 0 aromatic heterocycles. The second kappa shape index (κ2) is 15.1. The Bertz CT molecular complexity index is 1590. The van der Waals surface area contributed by atoms with Gasteiger partial charge in [-0.25, -0.2) is 13.2 Å². The summed E-state index contributed by atoms with van der Waals surface area (Å²) in [5, 5.41) is 9.09. The molecule has 0 atom stereocenters. The van der Waals surface area contributed by atoms with E-state index in [4.69, 9.17) is 36.8 Å².